The van der Waals surface area contributed by atoms with E-state index in [4.69, 9.17) is 0 Å². The second-order valence-corrected chi connectivity index (χ2v) is 7.06. The van der Waals surface area contributed by atoms with Crippen LogP contribution in [0, 0.1) is 0 Å². The van der Waals surface area contributed by atoms with Gasteiger partial charge in [0.25, 0.3) is 5.91 Å². The Hall–Kier alpha value is -2.27. The highest BCUT2D eigenvalue weighted by Crippen LogP contribution is 2.39. The van der Waals surface area contributed by atoms with E-state index in [0.29, 0.717) is 17.9 Å². The first-order chi connectivity index (χ1) is 11.6. The van der Waals surface area contributed by atoms with E-state index in [1.54, 1.807) is 30.8 Å². The Morgan fingerprint density at radius 3 is 2.42 bits per heavy atom. The van der Waals surface area contributed by atoms with Crippen LogP contribution in [0.15, 0.2) is 54.6 Å². The van der Waals surface area contributed by atoms with Gasteiger partial charge in [0.1, 0.15) is 5.37 Å². The topological polar surface area (TPSA) is 40.6 Å². The number of hydrogen-bond acceptors (Lipinski definition) is 3. The van der Waals surface area contributed by atoms with Crippen molar-refractivity contribution in [2.24, 2.45) is 0 Å². The van der Waals surface area contributed by atoms with Crippen LogP contribution in [-0.2, 0) is 11.3 Å². The third-order valence-corrected chi connectivity index (χ3v) is 5.27. The molecule has 5 heteroatoms. The van der Waals surface area contributed by atoms with Crippen LogP contribution in [0.25, 0.3) is 0 Å². The molecule has 0 spiro atoms. The lowest BCUT2D eigenvalue weighted by molar-refractivity contribution is -0.128. The zero-order valence-corrected chi connectivity index (χ0v) is 14.6. The van der Waals surface area contributed by atoms with Gasteiger partial charge in [-0.2, -0.15) is 0 Å². The second kappa shape index (κ2) is 7.09. The van der Waals surface area contributed by atoms with Crippen molar-refractivity contribution in [3.63, 3.8) is 0 Å². The molecule has 1 saturated heterocycles. The lowest BCUT2D eigenvalue weighted by Crippen LogP contribution is -2.27. The van der Waals surface area contributed by atoms with Crippen molar-refractivity contribution in [2.45, 2.75) is 11.9 Å². The van der Waals surface area contributed by atoms with Crippen molar-refractivity contribution in [3.05, 3.63) is 71.3 Å². The summed E-state index contributed by atoms with van der Waals surface area (Å²) in [5, 5.41) is 0.00112. The number of carbonyl (C=O) groups is 2. The fourth-order valence-corrected chi connectivity index (χ4v) is 3.92. The van der Waals surface area contributed by atoms with Gasteiger partial charge < -0.3 is 9.80 Å². The van der Waals surface area contributed by atoms with Gasteiger partial charge in [-0.05, 0) is 23.3 Å². The summed E-state index contributed by atoms with van der Waals surface area (Å²) >= 11 is 1.63. The van der Waals surface area contributed by atoms with E-state index in [1.807, 2.05) is 59.5 Å². The quantitative estimate of drug-likeness (QED) is 0.858. The molecule has 0 bridgehead atoms. The molecule has 1 heterocycles. The van der Waals surface area contributed by atoms with Gasteiger partial charge in [-0.1, -0.05) is 42.5 Å². The van der Waals surface area contributed by atoms with Crippen LogP contribution in [-0.4, -0.2) is 41.5 Å². The zero-order chi connectivity index (χ0) is 17.1. The largest absolute Gasteiger partial charge is 0.345 e. The first-order valence-electron chi connectivity index (χ1n) is 7.83. The molecule has 2 amide bonds. The number of nitrogens with zero attached hydrogens (tertiary/aromatic N) is 2. The summed E-state index contributed by atoms with van der Waals surface area (Å²) in [6.07, 6.45) is 0. The molecule has 1 fully saturated rings. The van der Waals surface area contributed by atoms with Crippen LogP contribution < -0.4 is 0 Å². The third-order valence-electron chi connectivity index (χ3n) is 4.01. The van der Waals surface area contributed by atoms with Gasteiger partial charge in [-0.25, -0.2) is 0 Å². The van der Waals surface area contributed by atoms with E-state index >= 15 is 0 Å². The number of rotatable bonds is 4. The van der Waals surface area contributed by atoms with Crippen molar-refractivity contribution in [2.75, 3.05) is 19.8 Å². The van der Waals surface area contributed by atoms with Crippen LogP contribution in [0.4, 0.5) is 0 Å². The fraction of sp³-hybridized carbons (Fsp3) is 0.263. The molecule has 24 heavy (non-hydrogen) atoms. The average Bonchev–Trinajstić information content (AvgIpc) is 2.96. The van der Waals surface area contributed by atoms with Gasteiger partial charge in [0.2, 0.25) is 5.91 Å². The Labute approximate surface area is 146 Å². The third kappa shape index (κ3) is 3.46. The van der Waals surface area contributed by atoms with Gasteiger partial charge in [-0.15, -0.1) is 11.8 Å². The van der Waals surface area contributed by atoms with Crippen LogP contribution in [0.3, 0.4) is 0 Å². The lowest BCUT2D eigenvalue weighted by Gasteiger charge is -2.24. The number of amides is 2. The molecular weight excluding hydrogens is 320 g/mol. The Morgan fingerprint density at radius 1 is 1.12 bits per heavy atom. The highest BCUT2D eigenvalue weighted by atomic mass is 32.2. The number of hydrogen-bond donors (Lipinski definition) is 0. The molecule has 0 unspecified atom stereocenters. The molecule has 0 saturated carbocycles. The lowest BCUT2D eigenvalue weighted by atomic mass is 10.1. The van der Waals surface area contributed by atoms with Gasteiger partial charge in [0.05, 0.1) is 5.75 Å². The summed E-state index contributed by atoms with van der Waals surface area (Å²) in [5.41, 5.74) is 2.84. The molecule has 1 atom stereocenters. The summed E-state index contributed by atoms with van der Waals surface area (Å²) < 4.78 is 0. The predicted molar refractivity (Wildman–Crippen MR) is 96.7 cm³/mol. The second-order valence-electron chi connectivity index (χ2n) is 5.99. The first kappa shape index (κ1) is 16.6. The van der Waals surface area contributed by atoms with Gasteiger partial charge in [0.15, 0.2) is 0 Å². The summed E-state index contributed by atoms with van der Waals surface area (Å²) in [6.45, 7) is 0.607. The summed E-state index contributed by atoms with van der Waals surface area (Å²) in [6, 6.07) is 17.6. The van der Waals surface area contributed by atoms with Crippen molar-refractivity contribution in [3.8, 4) is 0 Å². The van der Waals surface area contributed by atoms with Crippen molar-refractivity contribution in [1.29, 1.82) is 0 Å². The zero-order valence-electron chi connectivity index (χ0n) is 13.8. The van der Waals surface area contributed by atoms with E-state index in [0.717, 1.165) is 11.1 Å². The van der Waals surface area contributed by atoms with Gasteiger partial charge in [0, 0.05) is 26.2 Å². The molecule has 1 aliphatic rings. The van der Waals surface area contributed by atoms with Gasteiger partial charge in [-0.3, -0.25) is 9.59 Å². The molecule has 0 aromatic heterocycles. The minimum atomic E-state index is -0.0159. The molecule has 0 N–H and O–H groups in total. The van der Waals surface area contributed by atoms with Crippen LogP contribution in [0.5, 0.6) is 0 Å². The van der Waals surface area contributed by atoms with E-state index in [9.17, 15) is 9.59 Å². The van der Waals surface area contributed by atoms with Crippen LogP contribution in [0.2, 0.25) is 0 Å². The summed E-state index contributed by atoms with van der Waals surface area (Å²) in [4.78, 5) is 27.7. The monoisotopic (exact) mass is 340 g/mol. The maximum Gasteiger partial charge on any atom is 0.253 e. The normalized spacial score (nSPS) is 17.2. The van der Waals surface area contributed by atoms with E-state index in [-0.39, 0.29) is 17.2 Å². The number of benzene rings is 2. The smallest absolute Gasteiger partial charge is 0.253 e. The molecular formula is C19H20N2O2S. The van der Waals surface area contributed by atoms with Gasteiger partial charge >= 0.3 is 0 Å². The fourth-order valence-electron chi connectivity index (χ4n) is 2.73. The van der Waals surface area contributed by atoms with E-state index in [2.05, 4.69) is 0 Å². The van der Waals surface area contributed by atoms with E-state index < -0.39 is 0 Å². The maximum absolute atomic E-state index is 12.3. The molecule has 1 aliphatic heterocycles. The average molecular weight is 340 g/mol. The SMILES string of the molecule is CN(C)C(=O)c1ccc([C@H]2SCC(=O)N2Cc2ccccc2)cc1. The predicted octanol–water partition coefficient (Wildman–Crippen LogP) is 3.16. The van der Waals surface area contributed by atoms with Crippen LogP contribution >= 0.6 is 11.8 Å². The maximum atomic E-state index is 12.3. The number of thioether (sulfide) groups is 1. The summed E-state index contributed by atoms with van der Waals surface area (Å²) in [5.74, 6) is 0.635. The minimum Gasteiger partial charge on any atom is -0.345 e. The molecule has 0 radical (unpaired) electrons. The van der Waals surface area contributed by atoms with Crippen molar-refractivity contribution >= 4 is 23.6 Å². The highest BCUT2D eigenvalue weighted by molar-refractivity contribution is 8.00. The van der Waals surface area contributed by atoms with Crippen LogP contribution in [0.1, 0.15) is 26.9 Å². The Kier molecular flexibility index (Phi) is 4.90. The number of carbonyl (C=O) groups excluding carboxylic acids is 2. The molecule has 2 aromatic rings. The molecule has 124 valence electrons. The molecule has 4 nitrogen and oxygen atoms in total. The highest BCUT2D eigenvalue weighted by Gasteiger charge is 2.32. The summed E-state index contributed by atoms with van der Waals surface area (Å²) in [7, 11) is 3.48. The van der Waals surface area contributed by atoms with Crippen molar-refractivity contribution in [1.82, 2.24) is 9.80 Å². The standard InChI is InChI=1S/C19H20N2O2S/c1-20(2)18(23)15-8-10-16(11-9-15)19-21(17(22)13-24-19)12-14-6-4-3-5-7-14/h3-11,19H,12-13H2,1-2H3/t19-/m1/s1. The molecule has 2 aromatic carbocycles. The molecule has 3 rings (SSSR count). The Balaban J connectivity index is 1.79. The van der Waals surface area contributed by atoms with Crippen molar-refractivity contribution < 1.29 is 9.59 Å². The minimum absolute atomic E-state index is 0.00112. The Bertz CT molecular complexity index is 729. The Morgan fingerprint density at radius 2 is 1.79 bits per heavy atom. The first-order valence-corrected chi connectivity index (χ1v) is 8.88. The molecule has 0 aliphatic carbocycles. The van der Waals surface area contributed by atoms with E-state index in [1.165, 1.54) is 0 Å².